The quantitative estimate of drug-likeness (QED) is 0.511. The third-order valence-electron chi connectivity index (χ3n) is 1.24. The van der Waals surface area contributed by atoms with E-state index in [2.05, 4.69) is 5.10 Å². The minimum atomic E-state index is 0.521. The van der Waals surface area contributed by atoms with Gasteiger partial charge in [-0.3, -0.25) is 0 Å². The molecule has 2 heteroatoms. The van der Waals surface area contributed by atoms with Crippen LogP contribution >= 0.6 is 0 Å². The molecule has 0 spiro atoms. The second-order valence-electron chi connectivity index (χ2n) is 1.83. The van der Waals surface area contributed by atoms with Crippen molar-refractivity contribution in [2.75, 3.05) is 0 Å². The minimum absolute atomic E-state index is 0.521. The van der Waals surface area contributed by atoms with Crippen LogP contribution in [-0.2, 0) is 0 Å². The van der Waals surface area contributed by atoms with Crippen LogP contribution in [0.3, 0.4) is 0 Å². The fraction of sp³-hybridized carbons (Fsp3) is 0. The molecule has 0 amide bonds. The number of pyridine rings is 1. The summed E-state index contributed by atoms with van der Waals surface area (Å²) in [6.45, 7) is 0. The van der Waals surface area contributed by atoms with E-state index in [0.717, 1.165) is 5.52 Å². The first-order valence-corrected chi connectivity index (χ1v) is 2.76. The summed E-state index contributed by atoms with van der Waals surface area (Å²) in [6, 6.07) is 5.87. The first kappa shape index (κ1) is 3.67. The monoisotopic (exact) mass is 119 g/mol. The fourth-order valence-corrected chi connectivity index (χ4v) is 0.810. The number of hydrogen-bond acceptors (Lipinski definition) is 1. The summed E-state index contributed by atoms with van der Waals surface area (Å²) >= 11 is 0. The first-order chi connectivity index (χ1) is 4.86. The number of fused-ring (bicyclic) bond motifs is 1. The van der Waals surface area contributed by atoms with Crippen molar-refractivity contribution < 1.29 is 1.37 Å². The standard InChI is InChI=1S/C7H6N2/c1-2-6-9-7(3-1)4-5-8-9/h1-6H/i1D. The summed E-state index contributed by atoms with van der Waals surface area (Å²) in [5, 5.41) is 3.99. The van der Waals surface area contributed by atoms with E-state index in [4.69, 9.17) is 1.37 Å². The Morgan fingerprint density at radius 1 is 1.56 bits per heavy atom. The molecule has 0 aromatic carbocycles. The van der Waals surface area contributed by atoms with Gasteiger partial charge in [0.25, 0.3) is 0 Å². The molecule has 0 bridgehead atoms. The number of hydrogen-bond donors (Lipinski definition) is 0. The zero-order valence-electron chi connectivity index (χ0n) is 5.78. The minimum Gasteiger partial charge on any atom is -0.241 e. The van der Waals surface area contributed by atoms with E-state index in [0.29, 0.717) is 6.04 Å². The van der Waals surface area contributed by atoms with Crippen molar-refractivity contribution in [2.24, 2.45) is 0 Å². The zero-order chi connectivity index (χ0) is 6.97. The van der Waals surface area contributed by atoms with E-state index in [1.54, 1.807) is 29.0 Å². The highest BCUT2D eigenvalue weighted by atomic mass is 15.2. The number of rotatable bonds is 0. The zero-order valence-corrected chi connectivity index (χ0v) is 4.78. The third kappa shape index (κ3) is 0.598. The van der Waals surface area contributed by atoms with Gasteiger partial charge in [0.15, 0.2) is 0 Å². The van der Waals surface area contributed by atoms with Crippen molar-refractivity contribution in [2.45, 2.75) is 0 Å². The second kappa shape index (κ2) is 1.58. The molecule has 0 aliphatic heterocycles. The van der Waals surface area contributed by atoms with Crippen LogP contribution < -0.4 is 0 Å². The van der Waals surface area contributed by atoms with Crippen molar-refractivity contribution in [3.8, 4) is 0 Å². The van der Waals surface area contributed by atoms with E-state index >= 15 is 0 Å². The molecule has 2 aromatic heterocycles. The molecular formula is C7H6N2. The van der Waals surface area contributed by atoms with E-state index < -0.39 is 0 Å². The SMILES string of the molecule is [2H]c1ccn2nccc2c1. The van der Waals surface area contributed by atoms with Gasteiger partial charge >= 0.3 is 0 Å². The Morgan fingerprint density at radius 3 is 3.56 bits per heavy atom. The molecule has 0 saturated heterocycles. The maximum atomic E-state index is 7.27. The lowest BCUT2D eigenvalue weighted by Crippen LogP contribution is -1.81. The average Bonchev–Trinajstić information content (AvgIpc) is 2.33. The third-order valence-corrected chi connectivity index (χ3v) is 1.24. The van der Waals surface area contributed by atoms with Gasteiger partial charge in [0.05, 0.1) is 6.89 Å². The molecule has 2 aromatic rings. The predicted molar refractivity (Wildman–Crippen MR) is 35.2 cm³/mol. The topological polar surface area (TPSA) is 17.3 Å². The van der Waals surface area contributed by atoms with E-state index in [9.17, 15) is 0 Å². The molecule has 2 rings (SSSR count). The highest BCUT2D eigenvalue weighted by molar-refractivity contribution is 5.44. The second-order valence-corrected chi connectivity index (χ2v) is 1.83. The molecule has 0 radical (unpaired) electrons. The maximum absolute atomic E-state index is 7.27. The Labute approximate surface area is 54.1 Å². The van der Waals surface area contributed by atoms with E-state index in [-0.39, 0.29) is 0 Å². The van der Waals surface area contributed by atoms with Crippen molar-refractivity contribution in [3.05, 3.63) is 36.6 Å². The van der Waals surface area contributed by atoms with Crippen molar-refractivity contribution >= 4 is 5.52 Å². The molecule has 0 saturated carbocycles. The van der Waals surface area contributed by atoms with Crippen LogP contribution in [0.4, 0.5) is 0 Å². The number of nitrogens with zero attached hydrogens (tertiary/aromatic N) is 2. The Balaban J connectivity index is 2.86. The van der Waals surface area contributed by atoms with Crippen LogP contribution in [0.2, 0.25) is 0 Å². The van der Waals surface area contributed by atoms with Gasteiger partial charge in [0, 0.05) is 12.4 Å². The molecule has 0 N–H and O–H groups in total. The molecule has 2 heterocycles. The van der Waals surface area contributed by atoms with Gasteiger partial charge in [-0.15, -0.1) is 0 Å². The van der Waals surface area contributed by atoms with Gasteiger partial charge in [0.1, 0.15) is 0 Å². The molecule has 0 atom stereocenters. The van der Waals surface area contributed by atoms with Crippen molar-refractivity contribution in [1.82, 2.24) is 9.61 Å². The molecular weight excluding hydrogens is 112 g/mol. The Hall–Kier alpha value is -1.31. The van der Waals surface area contributed by atoms with Crippen molar-refractivity contribution in [3.63, 3.8) is 0 Å². The predicted octanol–water partition coefficient (Wildman–Crippen LogP) is 1.33. The molecule has 44 valence electrons. The molecule has 0 aliphatic carbocycles. The van der Waals surface area contributed by atoms with Gasteiger partial charge in [-0.1, -0.05) is 6.04 Å². The highest BCUT2D eigenvalue weighted by Crippen LogP contribution is 1.98. The smallest absolute Gasteiger partial charge is 0.0661 e. The summed E-state index contributed by atoms with van der Waals surface area (Å²) in [5.41, 5.74) is 0.965. The molecule has 9 heavy (non-hydrogen) atoms. The summed E-state index contributed by atoms with van der Waals surface area (Å²) in [6.07, 6.45) is 3.49. The van der Waals surface area contributed by atoms with Crippen LogP contribution in [0.5, 0.6) is 0 Å². The van der Waals surface area contributed by atoms with Crippen LogP contribution in [0.1, 0.15) is 1.37 Å². The molecule has 0 unspecified atom stereocenters. The summed E-state index contributed by atoms with van der Waals surface area (Å²) in [5.74, 6) is 0. The van der Waals surface area contributed by atoms with Crippen LogP contribution in [0.15, 0.2) is 36.6 Å². The van der Waals surface area contributed by atoms with Crippen LogP contribution in [0.25, 0.3) is 5.52 Å². The summed E-state index contributed by atoms with van der Waals surface area (Å²) in [4.78, 5) is 0. The lowest BCUT2D eigenvalue weighted by molar-refractivity contribution is 0.961. The molecule has 0 aliphatic rings. The highest BCUT2D eigenvalue weighted by Gasteiger charge is 1.85. The van der Waals surface area contributed by atoms with Gasteiger partial charge in [-0.25, -0.2) is 4.52 Å². The average molecular weight is 119 g/mol. The maximum Gasteiger partial charge on any atom is 0.0661 e. The lowest BCUT2D eigenvalue weighted by Gasteiger charge is -1.86. The normalized spacial score (nSPS) is 11.8. The van der Waals surface area contributed by atoms with Gasteiger partial charge in [-0.2, -0.15) is 5.10 Å². The lowest BCUT2D eigenvalue weighted by atomic mass is 10.4. The largest absolute Gasteiger partial charge is 0.241 e. The van der Waals surface area contributed by atoms with Crippen LogP contribution in [-0.4, -0.2) is 9.61 Å². The first-order valence-electron chi connectivity index (χ1n) is 3.26. The summed E-state index contributed by atoms with van der Waals surface area (Å²) in [7, 11) is 0. The molecule has 0 fully saturated rings. The van der Waals surface area contributed by atoms with Crippen molar-refractivity contribution in [1.29, 1.82) is 0 Å². The van der Waals surface area contributed by atoms with Gasteiger partial charge in [-0.05, 0) is 18.2 Å². The number of aromatic nitrogens is 2. The molecule has 2 nitrogen and oxygen atoms in total. The fourth-order valence-electron chi connectivity index (χ4n) is 0.810. The van der Waals surface area contributed by atoms with E-state index in [1.807, 2.05) is 6.07 Å². The Morgan fingerprint density at radius 2 is 2.56 bits per heavy atom. The Kier molecular flexibility index (Phi) is 0.646. The van der Waals surface area contributed by atoms with E-state index in [1.165, 1.54) is 0 Å². The summed E-state index contributed by atoms with van der Waals surface area (Å²) < 4.78 is 9.01. The Bertz CT molecular complexity index is 353. The van der Waals surface area contributed by atoms with Gasteiger partial charge < -0.3 is 0 Å². The van der Waals surface area contributed by atoms with Crippen LogP contribution in [0, 0.1) is 0 Å². The van der Waals surface area contributed by atoms with Gasteiger partial charge in [0.2, 0.25) is 0 Å².